The van der Waals surface area contributed by atoms with Gasteiger partial charge in [0.15, 0.2) is 0 Å². The van der Waals surface area contributed by atoms with Crippen LogP contribution in [0.25, 0.3) is 0 Å². The van der Waals surface area contributed by atoms with Crippen LogP contribution in [0.4, 0.5) is 11.4 Å². The molecule has 0 aliphatic heterocycles. The Bertz CT molecular complexity index is 467. The van der Waals surface area contributed by atoms with Gasteiger partial charge in [-0.25, -0.2) is 4.98 Å². The van der Waals surface area contributed by atoms with Crippen molar-refractivity contribution in [1.82, 2.24) is 9.97 Å². The van der Waals surface area contributed by atoms with Gasteiger partial charge in [-0.05, 0) is 12.1 Å². The molecule has 1 aromatic heterocycles. The zero-order valence-corrected chi connectivity index (χ0v) is 9.73. The Kier molecular flexibility index (Phi) is 3.49. The number of imidazole rings is 1. The molecule has 2 rings (SSSR count). The third-order valence-corrected chi connectivity index (χ3v) is 2.53. The predicted octanol–water partition coefficient (Wildman–Crippen LogP) is 1.66. The lowest BCUT2D eigenvalue weighted by Crippen LogP contribution is -2.07. The normalized spacial score (nSPS) is 10.2. The molecule has 0 saturated heterocycles. The first-order valence-corrected chi connectivity index (χ1v) is 5.44. The van der Waals surface area contributed by atoms with Gasteiger partial charge in [-0.2, -0.15) is 0 Å². The fraction of sp³-hybridized carbons (Fsp3) is 0.250. The summed E-state index contributed by atoms with van der Waals surface area (Å²) in [6, 6.07) is 5.56. The molecular formula is C12H16N4O. The summed E-state index contributed by atoms with van der Waals surface area (Å²) < 4.78 is 5.15. The van der Waals surface area contributed by atoms with Gasteiger partial charge in [-0.1, -0.05) is 0 Å². The molecule has 0 saturated carbocycles. The molecule has 4 N–H and O–H groups in total. The van der Waals surface area contributed by atoms with Crippen LogP contribution in [-0.4, -0.2) is 23.6 Å². The van der Waals surface area contributed by atoms with Crippen molar-refractivity contribution in [1.29, 1.82) is 0 Å². The first-order chi connectivity index (χ1) is 8.29. The number of hydrogen-bond donors (Lipinski definition) is 3. The standard InChI is InChI=1S/C12H16N4O/c1-17-10-2-3-11(13)12(6-10)15-5-4-9-7-14-8-16-9/h2-3,6-8,15H,4-5,13H2,1H3,(H,14,16). The summed E-state index contributed by atoms with van der Waals surface area (Å²) in [5.74, 6) is 0.795. The van der Waals surface area contributed by atoms with Crippen molar-refractivity contribution in [2.45, 2.75) is 6.42 Å². The monoisotopic (exact) mass is 232 g/mol. The molecule has 1 aromatic carbocycles. The highest BCUT2D eigenvalue weighted by atomic mass is 16.5. The van der Waals surface area contributed by atoms with E-state index in [9.17, 15) is 0 Å². The number of methoxy groups -OCH3 is 1. The van der Waals surface area contributed by atoms with Crippen molar-refractivity contribution in [2.75, 3.05) is 24.7 Å². The van der Waals surface area contributed by atoms with Crippen LogP contribution in [0.2, 0.25) is 0 Å². The van der Waals surface area contributed by atoms with Gasteiger partial charge < -0.3 is 20.8 Å². The van der Waals surface area contributed by atoms with Crippen LogP contribution in [0.5, 0.6) is 5.75 Å². The molecule has 2 aromatic rings. The summed E-state index contributed by atoms with van der Waals surface area (Å²) in [5, 5.41) is 3.27. The average Bonchev–Trinajstić information content (AvgIpc) is 2.84. The number of anilines is 2. The van der Waals surface area contributed by atoms with E-state index < -0.39 is 0 Å². The number of hydrogen-bond acceptors (Lipinski definition) is 4. The number of ether oxygens (including phenoxy) is 1. The number of benzene rings is 1. The molecule has 0 aliphatic rings. The van der Waals surface area contributed by atoms with Crippen molar-refractivity contribution in [3.63, 3.8) is 0 Å². The molecule has 0 unspecified atom stereocenters. The fourth-order valence-electron chi connectivity index (χ4n) is 1.57. The van der Waals surface area contributed by atoms with Crippen LogP contribution in [0.1, 0.15) is 5.69 Å². The minimum absolute atomic E-state index is 0.718. The Morgan fingerprint density at radius 3 is 3.06 bits per heavy atom. The van der Waals surface area contributed by atoms with Gasteiger partial charge in [0.05, 0.1) is 24.8 Å². The van der Waals surface area contributed by atoms with E-state index in [1.165, 1.54) is 0 Å². The average molecular weight is 232 g/mol. The highest BCUT2D eigenvalue weighted by molar-refractivity contribution is 5.68. The van der Waals surface area contributed by atoms with Crippen molar-refractivity contribution in [3.8, 4) is 5.75 Å². The second-order valence-electron chi connectivity index (χ2n) is 3.71. The highest BCUT2D eigenvalue weighted by Crippen LogP contribution is 2.24. The molecule has 0 spiro atoms. The molecule has 0 radical (unpaired) electrons. The lowest BCUT2D eigenvalue weighted by Gasteiger charge is -2.10. The molecule has 90 valence electrons. The molecule has 5 nitrogen and oxygen atoms in total. The molecule has 0 fully saturated rings. The topological polar surface area (TPSA) is 76.0 Å². The molecule has 0 bridgehead atoms. The van der Waals surface area contributed by atoms with Crippen molar-refractivity contribution in [2.24, 2.45) is 0 Å². The fourth-order valence-corrected chi connectivity index (χ4v) is 1.57. The van der Waals surface area contributed by atoms with Crippen LogP contribution >= 0.6 is 0 Å². The van der Waals surface area contributed by atoms with E-state index in [4.69, 9.17) is 10.5 Å². The van der Waals surface area contributed by atoms with Crippen molar-refractivity contribution >= 4 is 11.4 Å². The summed E-state index contributed by atoms with van der Waals surface area (Å²) in [6.45, 7) is 0.791. The first-order valence-electron chi connectivity index (χ1n) is 5.44. The predicted molar refractivity (Wildman–Crippen MR) is 68.2 cm³/mol. The maximum absolute atomic E-state index is 5.87. The molecule has 5 heteroatoms. The van der Waals surface area contributed by atoms with E-state index in [1.54, 1.807) is 13.4 Å². The van der Waals surface area contributed by atoms with Gasteiger partial charge in [0.1, 0.15) is 5.75 Å². The summed E-state index contributed by atoms with van der Waals surface area (Å²) in [5.41, 5.74) is 8.57. The number of nitrogens with one attached hydrogen (secondary N) is 2. The van der Waals surface area contributed by atoms with Crippen LogP contribution in [0, 0.1) is 0 Å². The summed E-state index contributed by atoms with van der Waals surface area (Å²) in [6.07, 6.45) is 4.36. The number of aromatic amines is 1. The Balaban J connectivity index is 1.94. The van der Waals surface area contributed by atoms with E-state index in [-0.39, 0.29) is 0 Å². The van der Waals surface area contributed by atoms with Gasteiger partial charge in [0, 0.05) is 30.9 Å². The summed E-state index contributed by atoms with van der Waals surface area (Å²) >= 11 is 0. The lowest BCUT2D eigenvalue weighted by atomic mass is 10.2. The molecule has 0 atom stereocenters. The van der Waals surface area contributed by atoms with Gasteiger partial charge in [0.25, 0.3) is 0 Å². The number of nitrogen functional groups attached to an aromatic ring is 1. The minimum Gasteiger partial charge on any atom is -0.497 e. The van der Waals surface area contributed by atoms with E-state index in [0.717, 1.165) is 35.8 Å². The third kappa shape index (κ3) is 2.90. The van der Waals surface area contributed by atoms with E-state index >= 15 is 0 Å². The van der Waals surface area contributed by atoms with E-state index in [1.807, 2.05) is 24.4 Å². The van der Waals surface area contributed by atoms with Crippen LogP contribution in [-0.2, 0) is 6.42 Å². The number of H-pyrrole nitrogens is 1. The molecule has 1 heterocycles. The number of rotatable bonds is 5. The number of aromatic nitrogens is 2. The summed E-state index contributed by atoms with van der Waals surface area (Å²) in [7, 11) is 1.64. The van der Waals surface area contributed by atoms with E-state index in [2.05, 4.69) is 15.3 Å². The number of nitrogens with two attached hydrogens (primary N) is 1. The zero-order valence-electron chi connectivity index (χ0n) is 9.73. The Hall–Kier alpha value is -2.17. The second-order valence-corrected chi connectivity index (χ2v) is 3.71. The molecule has 0 aliphatic carbocycles. The second kappa shape index (κ2) is 5.25. The van der Waals surface area contributed by atoms with Gasteiger partial charge in [-0.3, -0.25) is 0 Å². The summed E-state index contributed by atoms with van der Waals surface area (Å²) in [4.78, 5) is 7.02. The van der Waals surface area contributed by atoms with Gasteiger partial charge in [0.2, 0.25) is 0 Å². The van der Waals surface area contributed by atoms with Gasteiger partial charge in [-0.15, -0.1) is 0 Å². The van der Waals surface area contributed by atoms with E-state index in [0.29, 0.717) is 0 Å². The maximum atomic E-state index is 5.87. The van der Waals surface area contributed by atoms with Crippen LogP contribution < -0.4 is 15.8 Å². The Morgan fingerprint density at radius 1 is 1.47 bits per heavy atom. The maximum Gasteiger partial charge on any atom is 0.121 e. The first kappa shape index (κ1) is 11.3. The molecular weight excluding hydrogens is 216 g/mol. The largest absolute Gasteiger partial charge is 0.497 e. The quantitative estimate of drug-likeness (QED) is 0.685. The van der Waals surface area contributed by atoms with Gasteiger partial charge >= 0.3 is 0 Å². The Labute approximate surface area is 100 Å². The van der Waals surface area contributed by atoms with Crippen LogP contribution in [0.15, 0.2) is 30.7 Å². The smallest absolute Gasteiger partial charge is 0.121 e. The lowest BCUT2D eigenvalue weighted by molar-refractivity contribution is 0.415. The highest BCUT2D eigenvalue weighted by Gasteiger charge is 2.01. The third-order valence-electron chi connectivity index (χ3n) is 2.53. The number of nitrogens with zero attached hydrogens (tertiary/aromatic N) is 1. The van der Waals surface area contributed by atoms with Crippen molar-refractivity contribution < 1.29 is 4.74 Å². The van der Waals surface area contributed by atoms with Crippen molar-refractivity contribution in [3.05, 3.63) is 36.4 Å². The zero-order chi connectivity index (χ0) is 12.1. The SMILES string of the molecule is COc1ccc(N)c(NCCc2cnc[nH]2)c1. The van der Waals surface area contributed by atoms with Crippen LogP contribution in [0.3, 0.4) is 0 Å². The Morgan fingerprint density at radius 2 is 2.35 bits per heavy atom. The molecule has 17 heavy (non-hydrogen) atoms. The molecule has 0 amide bonds. The minimum atomic E-state index is 0.718.